The van der Waals surface area contributed by atoms with Gasteiger partial charge in [-0.05, 0) is 37.5 Å². The van der Waals surface area contributed by atoms with E-state index in [4.69, 9.17) is 5.73 Å². The molecule has 1 fully saturated rings. The Labute approximate surface area is 161 Å². The molecule has 0 saturated carbocycles. The van der Waals surface area contributed by atoms with Crippen molar-refractivity contribution in [3.63, 3.8) is 0 Å². The first kappa shape index (κ1) is 20.9. The highest BCUT2D eigenvalue weighted by molar-refractivity contribution is 14.0. The second-order valence-corrected chi connectivity index (χ2v) is 7.71. The van der Waals surface area contributed by atoms with Gasteiger partial charge >= 0.3 is 0 Å². The largest absolute Gasteiger partial charge is 0.370 e. The van der Waals surface area contributed by atoms with Crippen molar-refractivity contribution in [2.24, 2.45) is 10.7 Å². The molecule has 24 heavy (non-hydrogen) atoms. The van der Waals surface area contributed by atoms with E-state index in [-0.39, 0.29) is 24.0 Å². The molecule has 0 bridgehead atoms. The third-order valence-electron chi connectivity index (χ3n) is 3.63. The minimum absolute atomic E-state index is 0. The molecule has 6 nitrogen and oxygen atoms in total. The number of hydrogen-bond donors (Lipinski definition) is 2. The average Bonchev–Trinajstić information content (AvgIpc) is 3.06. The molecular formula is C16H25IN4O2S. The van der Waals surface area contributed by atoms with Crippen molar-refractivity contribution in [1.82, 2.24) is 9.62 Å². The van der Waals surface area contributed by atoms with Crippen LogP contribution in [0.3, 0.4) is 0 Å². The highest BCUT2D eigenvalue weighted by atomic mass is 127. The topological polar surface area (TPSA) is 87.8 Å². The van der Waals surface area contributed by atoms with Gasteiger partial charge in [0.2, 0.25) is 10.0 Å². The molecule has 0 spiro atoms. The molecule has 0 aromatic heterocycles. The third kappa shape index (κ3) is 5.75. The highest BCUT2D eigenvalue weighted by Gasteiger charge is 2.26. The van der Waals surface area contributed by atoms with Crippen molar-refractivity contribution in [1.29, 1.82) is 0 Å². The maximum Gasteiger partial charge on any atom is 0.243 e. The van der Waals surface area contributed by atoms with Gasteiger partial charge in [-0.3, -0.25) is 0 Å². The fraction of sp³-hybridized carbons (Fsp3) is 0.438. The molecule has 1 aromatic carbocycles. The molecule has 0 unspecified atom stereocenters. The fourth-order valence-corrected chi connectivity index (χ4v) is 3.84. The first-order valence-corrected chi connectivity index (χ1v) is 9.11. The Kier molecular flexibility index (Phi) is 8.17. The standard InChI is InChI=1S/C16H24N4O2S.HI/c1-13(2)11-18-16(17)19-12-14-5-7-15(8-6-14)23(21,22)20-9-3-4-10-20;/h5-8H,1,3-4,9-12H2,2H3,(H3,17,18,19);1H. The smallest absolute Gasteiger partial charge is 0.243 e. The summed E-state index contributed by atoms with van der Waals surface area (Å²) in [4.78, 5) is 4.55. The lowest BCUT2D eigenvalue weighted by atomic mass is 10.2. The molecule has 2 rings (SSSR count). The Morgan fingerprint density at radius 3 is 2.42 bits per heavy atom. The number of rotatable bonds is 6. The molecule has 8 heteroatoms. The molecular weight excluding hydrogens is 439 g/mol. The van der Waals surface area contributed by atoms with E-state index in [0.717, 1.165) is 24.0 Å². The van der Waals surface area contributed by atoms with Crippen LogP contribution in [-0.2, 0) is 16.6 Å². The van der Waals surface area contributed by atoms with Crippen LogP contribution in [0.15, 0.2) is 46.3 Å². The quantitative estimate of drug-likeness (QED) is 0.292. The molecule has 1 aliphatic rings. The van der Waals surface area contributed by atoms with E-state index in [1.807, 2.05) is 6.92 Å². The van der Waals surface area contributed by atoms with E-state index in [9.17, 15) is 8.42 Å². The van der Waals surface area contributed by atoms with Gasteiger partial charge < -0.3 is 11.1 Å². The van der Waals surface area contributed by atoms with Crippen LogP contribution in [0.4, 0.5) is 0 Å². The summed E-state index contributed by atoms with van der Waals surface area (Å²) in [7, 11) is -3.35. The van der Waals surface area contributed by atoms with Gasteiger partial charge in [-0.2, -0.15) is 4.31 Å². The number of hydrogen-bond acceptors (Lipinski definition) is 3. The molecule has 3 N–H and O–H groups in total. The number of nitrogens with two attached hydrogens (primary N) is 1. The second-order valence-electron chi connectivity index (χ2n) is 5.77. The van der Waals surface area contributed by atoms with Crippen LogP contribution < -0.4 is 11.1 Å². The Morgan fingerprint density at radius 1 is 1.29 bits per heavy atom. The maximum atomic E-state index is 12.4. The fourth-order valence-electron chi connectivity index (χ4n) is 2.32. The van der Waals surface area contributed by atoms with Crippen LogP contribution in [0.5, 0.6) is 0 Å². The SMILES string of the molecule is C=C(C)CNC(N)=NCc1ccc(S(=O)(=O)N2CCCC2)cc1.I. The lowest BCUT2D eigenvalue weighted by molar-refractivity contribution is 0.477. The van der Waals surface area contributed by atoms with E-state index in [1.54, 1.807) is 28.6 Å². The van der Waals surface area contributed by atoms with Crippen LogP contribution >= 0.6 is 24.0 Å². The van der Waals surface area contributed by atoms with E-state index in [1.165, 1.54) is 0 Å². The van der Waals surface area contributed by atoms with Crippen LogP contribution in [-0.4, -0.2) is 38.3 Å². The van der Waals surface area contributed by atoms with E-state index in [2.05, 4.69) is 16.9 Å². The van der Waals surface area contributed by atoms with Gasteiger partial charge in [-0.1, -0.05) is 24.3 Å². The summed E-state index contributed by atoms with van der Waals surface area (Å²) in [6.07, 6.45) is 1.87. The molecule has 0 radical (unpaired) electrons. The zero-order chi connectivity index (χ0) is 16.9. The minimum Gasteiger partial charge on any atom is -0.370 e. The first-order valence-electron chi connectivity index (χ1n) is 7.67. The van der Waals surface area contributed by atoms with Gasteiger partial charge in [0.25, 0.3) is 0 Å². The molecule has 1 aliphatic heterocycles. The van der Waals surface area contributed by atoms with Gasteiger partial charge in [0.05, 0.1) is 11.4 Å². The van der Waals surface area contributed by atoms with Gasteiger partial charge in [-0.15, -0.1) is 24.0 Å². The Bertz CT molecular complexity index is 681. The predicted molar refractivity (Wildman–Crippen MR) is 108 cm³/mol. The summed E-state index contributed by atoms with van der Waals surface area (Å²) in [5, 5.41) is 2.95. The Balaban J connectivity index is 0.00000288. The zero-order valence-electron chi connectivity index (χ0n) is 13.9. The summed E-state index contributed by atoms with van der Waals surface area (Å²) >= 11 is 0. The number of benzene rings is 1. The lowest BCUT2D eigenvalue weighted by Crippen LogP contribution is -2.32. The molecule has 1 aromatic rings. The molecule has 1 saturated heterocycles. The second kappa shape index (κ2) is 9.38. The number of nitrogens with zero attached hydrogens (tertiary/aromatic N) is 2. The minimum atomic E-state index is -3.35. The number of sulfonamides is 1. The number of halogens is 1. The normalized spacial score (nSPS) is 15.8. The number of nitrogens with one attached hydrogen (secondary N) is 1. The average molecular weight is 464 g/mol. The van der Waals surface area contributed by atoms with E-state index in [0.29, 0.717) is 37.0 Å². The van der Waals surface area contributed by atoms with E-state index >= 15 is 0 Å². The molecule has 0 atom stereocenters. The molecule has 1 heterocycles. The van der Waals surface area contributed by atoms with Crippen LogP contribution in [0, 0.1) is 0 Å². The number of guanidine groups is 1. The zero-order valence-corrected chi connectivity index (χ0v) is 17.0. The molecule has 134 valence electrons. The van der Waals surface area contributed by atoms with Crippen molar-refractivity contribution in [2.75, 3.05) is 19.6 Å². The Morgan fingerprint density at radius 2 is 1.88 bits per heavy atom. The van der Waals surface area contributed by atoms with Crippen molar-refractivity contribution < 1.29 is 8.42 Å². The van der Waals surface area contributed by atoms with Gasteiger partial charge in [-0.25, -0.2) is 13.4 Å². The monoisotopic (exact) mass is 464 g/mol. The van der Waals surface area contributed by atoms with E-state index < -0.39 is 10.0 Å². The molecule has 0 amide bonds. The lowest BCUT2D eigenvalue weighted by Gasteiger charge is -2.15. The van der Waals surface area contributed by atoms with Crippen molar-refractivity contribution in [3.05, 3.63) is 42.0 Å². The summed E-state index contributed by atoms with van der Waals surface area (Å²) in [6.45, 7) is 7.89. The van der Waals surface area contributed by atoms with Crippen LogP contribution in [0.25, 0.3) is 0 Å². The van der Waals surface area contributed by atoms with Crippen molar-refractivity contribution in [2.45, 2.75) is 31.2 Å². The van der Waals surface area contributed by atoms with Gasteiger partial charge in [0, 0.05) is 19.6 Å². The van der Waals surface area contributed by atoms with Crippen LogP contribution in [0.2, 0.25) is 0 Å². The maximum absolute atomic E-state index is 12.4. The summed E-state index contributed by atoms with van der Waals surface area (Å²) < 4.78 is 26.4. The number of aliphatic imine (C=N–C) groups is 1. The predicted octanol–water partition coefficient (Wildman–Crippen LogP) is 2.07. The highest BCUT2D eigenvalue weighted by Crippen LogP contribution is 2.21. The van der Waals surface area contributed by atoms with Crippen LogP contribution in [0.1, 0.15) is 25.3 Å². The summed E-state index contributed by atoms with van der Waals surface area (Å²) in [6, 6.07) is 6.82. The summed E-state index contributed by atoms with van der Waals surface area (Å²) in [5.74, 6) is 0.349. The van der Waals surface area contributed by atoms with Gasteiger partial charge in [0.15, 0.2) is 5.96 Å². The molecule has 0 aliphatic carbocycles. The van der Waals surface area contributed by atoms with Gasteiger partial charge in [0.1, 0.15) is 0 Å². The Hall–Kier alpha value is -1.13. The third-order valence-corrected chi connectivity index (χ3v) is 5.54. The summed E-state index contributed by atoms with van der Waals surface area (Å²) in [5.41, 5.74) is 7.63. The first-order chi connectivity index (χ1) is 10.9. The van der Waals surface area contributed by atoms with Crippen molar-refractivity contribution >= 4 is 40.0 Å². The van der Waals surface area contributed by atoms with Crippen molar-refractivity contribution in [3.8, 4) is 0 Å².